The molecular weight excluding hydrogens is 152 g/mol. The predicted molar refractivity (Wildman–Crippen MR) is 55.0 cm³/mol. The van der Waals surface area contributed by atoms with Crippen LogP contribution in [0.25, 0.3) is 0 Å². The van der Waals surface area contributed by atoms with Crippen LogP contribution in [0.5, 0.6) is 0 Å². The van der Waals surface area contributed by atoms with Crippen LogP contribution in [0.1, 0.15) is 41.5 Å². The van der Waals surface area contributed by atoms with E-state index in [-0.39, 0.29) is 10.8 Å². The molecule has 1 heteroatoms. The van der Waals surface area contributed by atoms with Crippen LogP contribution in [0.2, 0.25) is 0 Å². The summed E-state index contributed by atoms with van der Waals surface area (Å²) in [6.45, 7) is 13.0. The molecule has 0 amide bonds. The van der Waals surface area contributed by atoms with Crippen molar-refractivity contribution >= 4 is 17.2 Å². The first-order valence-corrected chi connectivity index (χ1v) is 4.36. The Kier molecular flexibility index (Phi) is 3.05. The number of allylic oxidation sites excluding steroid dienone is 1. The summed E-state index contributed by atoms with van der Waals surface area (Å²) in [4.78, 5) is 0. The van der Waals surface area contributed by atoms with Crippen molar-refractivity contribution in [2.45, 2.75) is 41.5 Å². The Morgan fingerprint density at radius 1 is 0.909 bits per heavy atom. The summed E-state index contributed by atoms with van der Waals surface area (Å²) in [5.41, 5.74) is 1.53. The highest BCUT2D eigenvalue weighted by atomic mass is 32.1. The standard InChI is InChI=1S/C10H18S/c1-9(2,3)8(7-11)10(4,5)6/h1-6H3. The molecule has 0 bridgehead atoms. The van der Waals surface area contributed by atoms with Crippen molar-refractivity contribution in [2.75, 3.05) is 0 Å². The Labute approximate surface area is 75.7 Å². The highest BCUT2D eigenvalue weighted by Crippen LogP contribution is 2.36. The van der Waals surface area contributed by atoms with Gasteiger partial charge in [0, 0.05) is 0 Å². The lowest BCUT2D eigenvalue weighted by atomic mass is 9.73. The van der Waals surface area contributed by atoms with Gasteiger partial charge in [-0.15, -0.1) is 0 Å². The quantitative estimate of drug-likeness (QED) is 0.500. The average molecular weight is 170 g/mol. The number of thiocarbonyl (C=S) groups is 1. The van der Waals surface area contributed by atoms with Crippen molar-refractivity contribution in [1.82, 2.24) is 0 Å². The molecule has 0 aliphatic carbocycles. The molecule has 11 heavy (non-hydrogen) atoms. The van der Waals surface area contributed by atoms with Crippen LogP contribution >= 0.6 is 12.2 Å². The van der Waals surface area contributed by atoms with E-state index in [0.29, 0.717) is 0 Å². The summed E-state index contributed by atoms with van der Waals surface area (Å²) < 4.78 is 0. The third-order valence-electron chi connectivity index (χ3n) is 1.60. The Balaban J connectivity index is 4.90. The molecule has 64 valence electrons. The van der Waals surface area contributed by atoms with Gasteiger partial charge in [0.2, 0.25) is 0 Å². The zero-order chi connectivity index (χ0) is 9.28. The monoisotopic (exact) mass is 170 g/mol. The Morgan fingerprint density at radius 3 is 1.18 bits per heavy atom. The molecule has 0 unspecified atom stereocenters. The van der Waals surface area contributed by atoms with E-state index in [1.807, 2.05) is 0 Å². The topological polar surface area (TPSA) is 0 Å². The molecule has 0 radical (unpaired) electrons. The Morgan fingerprint density at radius 2 is 1.18 bits per heavy atom. The van der Waals surface area contributed by atoms with Gasteiger partial charge < -0.3 is 0 Å². The van der Waals surface area contributed by atoms with Crippen LogP contribution in [-0.2, 0) is 0 Å². The smallest absolute Gasteiger partial charge is 0.00606 e. The molecule has 0 rings (SSSR count). The van der Waals surface area contributed by atoms with Crippen molar-refractivity contribution in [3.8, 4) is 0 Å². The Bertz CT molecular complexity index is 166. The van der Waals surface area contributed by atoms with Gasteiger partial charge in [0.1, 0.15) is 0 Å². The summed E-state index contributed by atoms with van der Waals surface area (Å²) in [7, 11) is 0. The molecule has 0 spiro atoms. The molecule has 0 fully saturated rings. The van der Waals surface area contributed by atoms with E-state index in [1.165, 1.54) is 5.57 Å². The minimum absolute atomic E-state index is 0.153. The summed E-state index contributed by atoms with van der Waals surface area (Å²) in [5.74, 6) is 0. The van der Waals surface area contributed by atoms with E-state index in [0.717, 1.165) is 0 Å². The molecule has 0 N–H and O–H groups in total. The molecule has 0 aromatic heterocycles. The van der Waals surface area contributed by atoms with Gasteiger partial charge in [0.15, 0.2) is 0 Å². The molecule has 0 nitrogen and oxygen atoms in total. The highest BCUT2D eigenvalue weighted by molar-refractivity contribution is 7.78. The molecule has 0 atom stereocenters. The summed E-state index contributed by atoms with van der Waals surface area (Å²) in [5, 5.41) is 2.88. The minimum atomic E-state index is 0.153. The first-order valence-electron chi connectivity index (χ1n) is 3.95. The molecule has 0 aliphatic heterocycles. The van der Waals surface area contributed by atoms with E-state index >= 15 is 0 Å². The largest absolute Gasteiger partial charge is 0.0557 e. The first-order chi connectivity index (χ1) is 4.69. The van der Waals surface area contributed by atoms with Crippen LogP contribution in [0.3, 0.4) is 0 Å². The van der Waals surface area contributed by atoms with Gasteiger partial charge >= 0.3 is 0 Å². The van der Waals surface area contributed by atoms with Crippen molar-refractivity contribution in [1.29, 1.82) is 0 Å². The van der Waals surface area contributed by atoms with Crippen LogP contribution < -0.4 is 0 Å². The maximum atomic E-state index is 4.88. The van der Waals surface area contributed by atoms with Gasteiger partial charge in [-0.1, -0.05) is 41.5 Å². The fourth-order valence-corrected chi connectivity index (χ4v) is 2.04. The van der Waals surface area contributed by atoms with Crippen molar-refractivity contribution in [2.24, 2.45) is 10.8 Å². The van der Waals surface area contributed by atoms with Gasteiger partial charge in [-0.3, -0.25) is 0 Å². The zero-order valence-corrected chi connectivity index (χ0v) is 9.22. The predicted octanol–water partition coefficient (Wildman–Crippen LogP) is 3.60. The first kappa shape index (κ1) is 10.9. The van der Waals surface area contributed by atoms with Crippen molar-refractivity contribution in [3.63, 3.8) is 0 Å². The molecule has 0 saturated carbocycles. The van der Waals surface area contributed by atoms with Gasteiger partial charge in [0.25, 0.3) is 0 Å². The van der Waals surface area contributed by atoms with Gasteiger partial charge in [0.05, 0.1) is 0 Å². The lowest BCUT2D eigenvalue weighted by Crippen LogP contribution is -2.22. The van der Waals surface area contributed by atoms with E-state index in [9.17, 15) is 0 Å². The molecule has 0 saturated heterocycles. The van der Waals surface area contributed by atoms with E-state index in [4.69, 9.17) is 12.2 Å². The number of hydrogen-bond donors (Lipinski definition) is 0. The van der Waals surface area contributed by atoms with Crippen LogP contribution in [0, 0.1) is 10.8 Å². The fraction of sp³-hybridized carbons (Fsp3) is 0.800. The van der Waals surface area contributed by atoms with Gasteiger partial charge in [-0.2, -0.15) is 0 Å². The van der Waals surface area contributed by atoms with Gasteiger partial charge in [-0.05, 0) is 33.6 Å². The van der Waals surface area contributed by atoms with Crippen molar-refractivity contribution < 1.29 is 0 Å². The number of hydrogen-bond acceptors (Lipinski definition) is 1. The SMILES string of the molecule is CC(C)(C)C(=C=S)C(C)(C)C. The van der Waals surface area contributed by atoms with E-state index in [2.05, 4.69) is 46.6 Å². The molecule has 0 aromatic carbocycles. The second kappa shape index (κ2) is 3.08. The molecule has 0 aromatic rings. The lowest BCUT2D eigenvalue weighted by Gasteiger charge is -2.31. The second-order valence-corrected chi connectivity index (χ2v) is 5.18. The molecule has 0 aliphatic rings. The summed E-state index contributed by atoms with van der Waals surface area (Å²) in [6, 6.07) is 0. The fourth-order valence-electron chi connectivity index (χ4n) is 1.43. The maximum absolute atomic E-state index is 4.88. The summed E-state index contributed by atoms with van der Waals surface area (Å²) in [6.07, 6.45) is 0. The van der Waals surface area contributed by atoms with Crippen LogP contribution in [0.15, 0.2) is 5.57 Å². The van der Waals surface area contributed by atoms with Gasteiger partial charge in [-0.25, -0.2) is 0 Å². The zero-order valence-electron chi connectivity index (χ0n) is 8.41. The van der Waals surface area contributed by atoms with Crippen LogP contribution in [0.4, 0.5) is 0 Å². The highest BCUT2D eigenvalue weighted by Gasteiger charge is 2.27. The summed E-state index contributed by atoms with van der Waals surface area (Å²) >= 11 is 4.88. The van der Waals surface area contributed by atoms with E-state index < -0.39 is 0 Å². The Hall–Kier alpha value is -0.130. The lowest BCUT2D eigenvalue weighted by molar-refractivity contribution is 0.370. The molecular formula is C10H18S. The third kappa shape index (κ3) is 3.18. The minimum Gasteiger partial charge on any atom is -0.0557 e. The maximum Gasteiger partial charge on any atom is -0.00606 e. The number of rotatable bonds is 0. The average Bonchev–Trinajstić information content (AvgIpc) is 1.56. The second-order valence-electron chi connectivity index (χ2n) is 4.98. The van der Waals surface area contributed by atoms with E-state index in [1.54, 1.807) is 0 Å². The van der Waals surface area contributed by atoms with Crippen LogP contribution in [-0.4, -0.2) is 5.02 Å². The molecule has 0 heterocycles. The third-order valence-corrected chi connectivity index (χ3v) is 1.81. The van der Waals surface area contributed by atoms with Crippen molar-refractivity contribution in [3.05, 3.63) is 5.57 Å². The normalized spacial score (nSPS) is 12.5.